The predicted molar refractivity (Wildman–Crippen MR) is 83.1 cm³/mol. The molecule has 0 radical (unpaired) electrons. The largest absolute Gasteiger partial charge is 0.384 e. The van der Waals surface area contributed by atoms with E-state index in [1.807, 2.05) is 23.9 Å². The van der Waals surface area contributed by atoms with Gasteiger partial charge in [0.05, 0.1) is 0 Å². The Morgan fingerprint density at radius 2 is 2.24 bits per heavy atom. The van der Waals surface area contributed by atoms with Crippen LogP contribution in [-0.2, 0) is 0 Å². The number of anilines is 1. The summed E-state index contributed by atoms with van der Waals surface area (Å²) < 4.78 is 1.12. The lowest BCUT2D eigenvalue weighted by molar-refractivity contribution is 0.288. The first-order valence-corrected chi connectivity index (χ1v) is 8.00. The molecule has 1 N–H and O–H groups in total. The number of benzene rings is 1. The smallest absolute Gasteiger partial charge is 0.0351 e. The molecule has 1 unspecified atom stereocenters. The fourth-order valence-corrected chi connectivity index (χ4v) is 2.70. The summed E-state index contributed by atoms with van der Waals surface area (Å²) in [4.78, 5) is 2.39. The Hall–Kier alpha value is -0.190. The lowest BCUT2D eigenvalue weighted by Gasteiger charge is -2.24. The molecule has 1 rings (SSSR count). The summed E-state index contributed by atoms with van der Waals surface area (Å²) in [6, 6.07) is 8.92. The monoisotopic (exact) mass is 316 g/mol. The third kappa shape index (κ3) is 5.80. The van der Waals surface area contributed by atoms with Crippen LogP contribution >= 0.6 is 27.7 Å². The van der Waals surface area contributed by atoms with Crippen LogP contribution in [0.4, 0.5) is 5.69 Å². The van der Waals surface area contributed by atoms with Gasteiger partial charge in [-0.1, -0.05) is 22.0 Å². The fraction of sp³-hybridized carbons (Fsp3) is 0.538. The van der Waals surface area contributed by atoms with Crippen molar-refractivity contribution in [2.45, 2.75) is 13.0 Å². The molecule has 0 aliphatic carbocycles. The minimum Gasteiger partial charge on any atom is -0.384 e. The number of rotatable bonds is 7. The van der Waals surface area contributed by atoms with E-state index < -0.39 is 0 Å². The van der Waals surface area contributed by atoms with Crippen LogP contribution < -0.4 is 5.32 Å². The number of halogens is 1. The molecule has 0 aromatic heterocycles. The number of thioether (sulfide) groups is 1. The van der Waals surface area contributed by atoms with E-state index in [1.54, 1.807) is 0 Å². The second-order valence-electron chi connectivity index (χ2n) is 4.22. The van der Waals surface area contributed by atoms with Gasteiger partial charge in [-0.3, -0.25) is 0 Å². The van der Waals surface area contributed by atoms with Crippen LogP contribution in [0.2, 0.25) is 0 Å². The summed E-state index contributed by atoms with van der Waals surface area (Å²) in [5.41, 5.74) is 1.17. The summed E-state index contributed by atoms with van der Waals surface area (Å²) in [5, 5.41) is 3.43. The Labute approximate surface area is 117 Å². The average molecular weight is 317 g/mol. The van der Waals surface area contributed by atoms with E-state index in [0.29, 0.717) is 6.04 Å². The van der Waals surface area contributed by atoms with Crippen molar-refractivity contribution in [3.05, 3.63) is 28.7 Å². The van der Waals surface area contributed by atoms with Crippen molar-refractivity contribution in [2.24, 2.45) is 0 Å². The highest BCUT2D eigenvalue weighted by molar-refractivity contribution is 9.10. The molecule has 1 aromatic rings. The molecule has 96 valence electrons. The maximum absolute atomic E-state index is 3.47. The Morgan fingerprint density at radius 1 is 1.47 bits per heavy atom. The van der Waals surface area contributed by atoms with Gasteiger partial charge in [-0.15, -0.1) is 0 Å². The molecule has 0 saturated carbocycles. The summed E-state index contributed by atoms with van der Waals surface area (Å²) in [5.74, 6) is 1.19. The predicted octanol–water partition coefficient (Wildman–Crippen LogP) is 3.54. The number of nitrogens with zero attached hydrogens (tertiary/aromatic N) is 1. The molecule has 4 heteroatoms. The maximum Gasteiger partial charge on any atom is 0.0351 e. The van der Waals surface area contributed by atoms with Gasteiger partial charge in [0.25, 0.3) is 0 Å². The van der Waals surface area contributed by atoms with E-state index in [0.717, 1.165) is 17.6 Å². The lowest BCUT2D eigenvalue weighted by atomic mass is 10.3. The normalized spacial score (nSPS) is 12.8. The third-order valence-corrected chi connectivity index (χ3v) is 4.09. The second kappa shape index (κ2) is 8.01. The van der Waals surface area contributed by atoms with E-state index in [4.69, 9.17) is 0 Å². The lowest BCUT2D eigenvalue weighted by Crippen LogP contribution is -2.34. The summed E-state index contributed by atoms with van der Waals surface area (Å²) in [6.07, 6.45) is 2.16. The van der Waals surface area contributed by atoms with E-state index in [2.05, 4.69) is 58.5 Å². The highest BCUT2D eigenvalue weighted by Crippen LogP contribution is 2.15. The molecule has 0 spiro atoms. The van der Waals surface area contributed by atoms with Crippen molar-refractivity contribution in [3.63, 3.8) is 0 Å². The fourth-order valence-electron chi connectivity index (χ4n) is 1.56. The van der Waals surface area contributed by atoms with E-state index in [1.165, 1.54) is 11.4 Å². The minimum absolute atomic E-state index is 0.634. The van der Waals surface area contributed by atoms with Gasteiger partial charge in [-0.05, 0) is 38.4 Å². The minimum atomic E-state index is 0.634. The first kappa shape index (κ1) is 14.9. The molecular weight excluding hydrogens is 296 g/mol. The van der Waals surface area contributed by atoms with Crippen molar-refractivity contribution in [1.29, 1.82) is 0 Å². The molecule has 1 atom stereocenters. The van der Waals surface area contributed by atoms with E-state index >= 15 is 0 Å². The molecule has 0 heterocycles. The molecule has 0 aliphatic rings. The number of hydrogen-bond donors (Lipinski definition) is 1. The summed E-state index contributed by atoms with van der Waals surface area (Å²) in [7, 11) is 2.18. The van der Waals surface area contributed by atoms with Crippen LogP contribution in [0.25, 0.3) is 0 Å². The van der Waals surface area contributed by atoms with Gasteiger partial charge in [0.15, 0.2) is 0 Å². The zero-order valence-electron chi connectivity index (χ0n) is 10.7. The Balaban J connectivity index is 2.28. The van der Waals surface area contributed by atoms with Crippen molar-refractivity contribution in [2.75, 3.05) is 37.5 Å². The van der Waals surface area contributed by atoms with Crippen LogP contribution in [-0.4, -0.2) is 43.1 Å². The second-order valence-corrected chi connectivity index (χ2v) is 6.05. The van der Waals surface area contributed by atoms with Crippen molar-refractivity contribution in [1.82, 2.24) is 4.90 Å². The molecule has 0 saturated heterocycles. The van der Waals surface area contributed by atoms with E-state index in [9.17, 15) is 0 Å². The van der Waals surface area contributed by atoms with Crippen LogP contribution in [0.15, 0.2) is 28.7 Å². The molecule has 17 heavy (non-hydrogen) atoms. The molecule has 2 nitrogen and oxygen atoms in total. The quantitative estimate of drug-likeness (QED) is 0.828. The van der Waals surface area contributed by atoms with Gasteiger partial charge in [0.1, 0.15) is 0 Å². The Kier molecular flexibility index (Phi) is 7.00. The molecule has 0 fully saturated rings. The van der Waals surface area contributed by atoms with Gasteiger partial charge < -0.3 is 10.2 Å². The number of nitrogens with one attached hydrogen (secondary N) is 1. The molecule has 0 aliphatic heterocycles. The van der Waals surface area contributed by atoms with Crippen LogP contribution in [0.3, 0.4) is 0 Å². The van der Waals surface area contributed by atoms with E-state index in [-0.39, 0.29) is 0 Å². The van der Waals surface area contributed by atoms with Crippen molar-refractivity contribution >= 4 is 33.4 Å². The van der Waals surface area contributed by atoms with Gasteiger partial charge in [0, 0.05) is 35.0 Å². The van der Waals surface area contributed by atoms with Crippen molar-refractivity contribution in [3.8, 4) is 0 Å². The summed E-state index contributed by atoms with van der Waals surface area (Å²) >= 11 is 5.38. The van der Waals surface area contributed by atoms with Gasteiger partial charge in [-0.2, -0.15) is 11.8 Å². The summed E-state index contributed by atoms with van der Waals surface area (Å²) in [6.45, 7) is 4.31. The third-order valence-electron chi connectivity index (χ3n) is 2.78. The highest BCUT2D eigenvalue weighted by atomic mass is 79.9. The topological polar surface area (TPSA) is 15.3 Å². The number of likely N-dealkylation sites (N-methyl/N-ethyl adjacent to an activating group) is 1. The molecule has 1 aromatic carbocycles. The van der Waals surface area contributed by atoms with Gasteiger partial charge in [0.2, 0.25) is 0 Å². The zero-order valence-corrected chi connectivity index (χ0v) is 13.1. The molecule has 0 bridgehead atoms. The molecular formula is C13H21BrN2S. The molecule has 0 amide bonds. The zero-order chi connectivity index (χ0) is 12.7. The first-order valence-electron chi connectivity index (χ1n) is 5.82. The Morgan fingerprint density at radius 3 is 2.88 bits per heavy atom. The SMILES string of the molecule is CSCC(C)N(C)CCNc1cccc(Br)c1. The standard InChI is InChI=1S/C13H21BrN2S/c1-11(10-17-3)16(2)8-7-15-13-6-4-5-12(14)9-13/h4-6,9,11,15H,7-8,10H2,1-3H3. The van der Waals surface area contributed by atoms with Gasteiger partial charge in [-0.25, -0.2) is 0 Å². The van der Waals surface area contributed by atoms with Gasteiger partial charge >= 0.3 is 0 Å². The maximum atomic E-state index is 3.47. The van der Waals surface area contributed by atoms with Crippen molar-refractivity contribution < 1.29 is 0 Å². The average Bonchev–Trinajstić information content (AvgIpc) is 2.29. The first-order chi connectivity index (χ1) is 8.13. The Bertz CT molecular complexity index is 333. The highest BCUT2D eigenvalue weighted by Gasteiger charge is 2.07. The number of hydrogen-bond acceptors (Lipinski definition) is 3. The van der Waals surface area contributed by atoms with Crippen LogP contribution in [0.5, 0.6) is 0 Å². The van der Waals surface area contributed by atoms with Crippen LogP contribution in [0.1, 0.15) is 6.92 Å². The van der Waals surface area contributed by atoms with Crippen LogP contribution in [0, 0.1) is 0 Å².